The molecule has 1 aliphatic rings. The molecule has 0 atom stereocenters. The minimum absolute atomic E-state index is 0.911. The van der Waals surface area contributed by atoms with Gasteiger partial charge in [0.25, 0.3) is 0 Å². The summed E-state index contributed by atoms with van der Waals surface area (Å²) in [6.07, 6.45) is 0. The summed E-state index contributed by atoms with van der Waals surface area (Å²) in [6.45, 7) is 0. The number of thiazole rings is 1. The Bertz CT molecular complexity index is 2500. The lowest BCUT2D eigenvalue weighted by molar-refractivity contribution is 0.669. The zero-order valence-corrected chi connectivity index (χ0v) is 22.6. The van der Waals surface area contributed by atoms with Gasteiger partial charge in [-0.3, -0.25) is 0 Å². The maximum absolute atomic E-state index is 6.34. The number of fused-ring (bicyclic) bond motifs is 9. The number of hydrogen-bond donors (Lipinski definition) is 0. The summed E-state index contributed by atoms with van der Waals surface area (Å²) < 4.78 is 8.75. The Morgan fingerprint density at radius 2 is 1.37 bits per heavy atom. The molecule has 6 aromatic carbocycles. The fourth-order valence-corrected chi connectivity index (χ4v) is 7.93. The van der Waals surface area contributed by atoms with Crippen LogP contribution in [0.4, 0.5) is 0 Å². The summed E-state index contributed by atoms with van der Waals surface area (Å²) >= 11 is 1.79. The molecule has 0 fully saturated rings. The molecule has 0 radical (unpaired) electrons. The lowest BCUT2D eigenvalue weighted by atomic mass is 10.0. The Balaban J connectivity index is 1.27. The lowest BCUT2D eigenvalue weighted by Gasteiger charge is -2.13. The quantitative estimate of drug-likeness (QED) is 0.218. The molecule has 0 saturated carbocycles. The van der Waals surface area contributed by atoms with Crippen LogP contribution in [0.25, 0.3) is 92.5 Å². The van der Waals surface area contributed by atoms with Gasteiger partial charge in [0.05, 0.1) is 27.3 Å². The molecule has 3 heterocycles. The second-order valence-corrected chi connectivity index (χ2v) is 11.7. The molecular formula is C37H20N2OS. The highest BCUT2D eigenvalue weighted by Crippen LogP contribution is 2.52. The zero-order chi connectivity index (χ0) is 26.7. The molecule has 10 rings (SSSR count). The number of furan rings is 1. The monoisotopic (exact) mass is 540 g/mol. The van der Waals surface area contributed by atoms with Crippen molar-refractivity contribution in [1.29, 1.82) is 0 Å². The first-order chi connectivity index (χ1) is 20.3. The molecule has 9 aromatic rings. The van der Waals surface area contributed by atoms with E-state index in [4.69, 9.17) is 9.40 Å². The van der Waals surface area contributed by atoms with Crippen LogP contribution in [0.2, 0.25) is 0 Å². The smallest absolute Gasteiger partial charge is 0.137 e. The number of para-hydroxylation sites is 2. The summed E-state index contributed by atoms with van der Waals surface area (Å²) in [7, 11) is 0. The van der Waals surface area contributed by atoms with E-state index in [1.807, 2.05) is 12.1 Å². The minimum atomic E-state index is 0.911. The number of benzene rings is 6. The summed E-state index contributed by atoms with van der Waals surface area (Å²) in [5, 5.41) is 8.37. The highest BCUT2D eigenvalue weighted by atomic mass is 32.1. The molecule has 0 N–H and O–H groups in total. The fourth-order valence-electron chi connectivity index (χ4n) is 6.81. The molecule has 0 aliphatic heterocycles. The number of aromatic nitrogens is 2. The van der Waals surface area contributed by atoms with Gasteiger partial charge in [-0.2, -0.15) is 0 Å². The van der Waals surface area contributed by atoms with Gasteiger partial charge in [0, 0.05) is 55.1 Å². The molecule has 3 nitrogen and oxygen atoms in total. The third kappa shape index (κ3) is 2.79. The first-order valence-electron chi connectivity index (χ1n) is 13.8. The molecule has 4 heteroatoms. The van der Waals surface area contributed by atoms with Crippen molar-refractivity contribution in [1.82, 2.24) is 9.55 Å². The number of rotatable bonds is 2. The molecule has 1 aliphatic carbocycles. The Hall–Kier alpha value is -5.19. The highest BCUT2D eigenvalue weighted by Gasteiger charge is 2.28. The van der Waals surface area contributed by atoms with E-state index in [0.29, 0.717) is 0 Å². The molecule has 0 amide bonds. The molecule has 0 unspecified atom stereocenters. The molecule has 41 heavy (non-hydrogen) atoms. The van der Waals surface area contributed by atoms with E-state index >= 15 is 0 Å². The van der Waals surface area contributed by atoms with E-state index in [-0.39, 0.29) is 0 Å². The Morgan fingerprint density at radius 3 is 2.29 bits per heavy atom. The average Bonchev–Trinajstić information content (AvgIpc) is 3.77. The second-order valence-electron chi connectivity index (χ2n) is 10.7. The van der Waals surface area contributed by atoms with Gasteiger partial charge < -0.3 is 8.98 Å². The van der Waals surface area contributed by atoms with Crippen LogP contribution in [0, 0.1) is 0 Å². The van der Waals surface area contributed by atoms with Gasteiger partial charge in [-0.1, -0.05) is 91.0 Å². The SMILES string of the molecule is c1ccc(-c2nc3c(s2)-c2ccc(-n4c5ccccc5c5cc6c(cc54)oc4ccccc46)c4cccc-3c24)cc1. The topological polar surface area (TPSA) is 31.0 Å². The van der Waals surface area contributed by atoms with E-state index < -0.39 is 0 Å². The molecular weight excluding hydrogens is 520 g/mol. The number of hydrogen-bond acceptors (Lipinski definition) is 3. The highest BCUT2D eigenvalue weighted by molar-refractivity contribution is 7.19. The molecule has 190 valence electrons. The van der Waals surface area contributed by atoms with Crippen LogP contribution < -0.4 is 0 Å². The van der Waals surface area contributed by atoms with Gasteiger partial charge in [-0.15, -0.1) is 11.3 Å². The van der Waals surface area contributed by atoms with Crippen LogP contribution in [0.3, 0.4) is 0 Å². The van der Waals surface area contributed by atoms with Gasteiger partial charge in [-0.25, -0.2) is 4.98 Å². The van der Waals surface area contributed by atoms with Crippen molar-refractivity contribution in [3.8, 4) is 38.0 Å². The van der Waals surface area contributed by atoms with Gasteiger partial charge in [0.15, 0.2) is 0 Å². The van der Waals surface area contributed by atoms with Crippen molar-refractivity contribution in [2.45, 2.75) is 0 Å². The normalized spacial score (nSPS) is 12.4. The van der Waals surface area contributed by atoms with Crippen LogP contribution in [-0.4, -0.2) is 9.55 Å². The third-order valence-corrected chi connectivity index (χ3v) is 9.71. The van der Waals surface area contributed by atoms with Gasteiger partial charge in [-0.05, 0) is 24.3 Å². The summed E-state index contributed by atoms with van der Waals surface area (Å²) in [5.74, 6) is 0. The standard InChI is InChI=1S/C37H20N2OS/c1-2-9-21(10-3-1)37-38-35-25-14-8-13-24-30(18-17-26(34(24)25)36(35)41-37)39-29-15-6-4-11-22(29)27-19-28-23-12-5-7-16-32(23)40-33(28)20-31(27)39/h1-20H. The fraction of sp³-hybridized carbons (Fsp3) is 0. The van der Waals surface area contributed by atoms with E-state index in [0.717, 1.165) is 38.2 Å². The van der Waals surface area contributed by atoms with E-state index in [1.54, 1.807) is 11.3 Å². The van der Waals surface area contributed by atoms with Gasteiger partial charge >= 0.3 is 0 Å². The van der Waals surface area contributed by atoms with Crippen molar-refractivity contribution in [3.05, 3.63) is 121 Å². The van der Waals surface area contributed by atoms with E-state index in [9.17, 15) is 0 Å². The van der Waals surface area contributed by atoms with Gasteiger partial charge in [0.2, 0.25) is 0 Å². The summed E-state index contributed by atoms with van der Waals surface area (Å²) in [6, 6.07) is 43.3. The maximum Gasteiger partial charge on any atom is 0.137 e. The third-order valence-electron chi connectivity index (χ3n) is 8.58. The first kappa shape index (κ1) is 21.6. The van der Waals surface area contributed by atoms with Crippen molar-refractivity contribution in [2.24, 2.45) is 0 Å². The van der Waals surface area contributed by atoms with E-state index in [1.165, 1.54) is 54.3 Å². The Morgan fingerprint density at radius 1 is 0.561 bits per heavy atom. The van der Waals surface area contributed by atoms with Crippen LogP contribution in [-0.2, 0) is 0 Å². The van der Waals surface area contributed by atoms with Crippen molar-refractivity contribution in [2.75, 3.05) is 0 Å². The molecule has 0 bridgehead atoms. The minimum Gasteiger partial charge on any atom is -0.456 e. The lowest BCUT2D eigenvalue weighted by Crippen LogP contribution is -1.95. The Labute approximate surface area is 238 Å². The largest absolute Gasteiger partial charge is 0.456 e. The second kappa shape index (κ2) is 7.72. The molecule has 3 aromatic heterocycles. The Kier molecular flexibility index (Phi) is 4.07. The van der Waals surface area contributed by atoms with Crippen molar-refractivity contribution in [3.63, 3.8) is 0 Å². The van der Waals surface area contributed by atoms with E-state index in [2.05, 4.69) is 114 Å². The maximum atomic E-state index is 6.34. The molecule has 0 saturated heterocycles. The van der Waals surface area contributed by atoms with Gasteiger partial charge in [0.1, 0.15) is 16.2 Å². The van der Waals surface area contributed by atoms with Crippen molar-refractivity contribution < 1.29 is 4.42 Å². The predicted octanol–water partition coefficient (Wildman–Crippen LogP) is 10.6. The predicted molar refractivity (Wildman–Crippen MR) is 171 cm³/mol. The average molecular weight is 541 g/mol. The number of nitrogens with zero attached hydrogens (tertiary/aromatic N) is 2. The molecule has 0 spiro atoms. The van der Waals surface area contributed by atoms with Crippen LogP contribution in [0.1, 0.15) is 0 Å². The van der Waals surface area contributed by atoms with Crippen molar-refractivity contribution >= 4 is 65.9 Å². The van der Waals surface area contributed by atoms with Crippen LogP contribution >= 0.6 is 11.3 Å². The first-order valence-corrected chi connectivity index (χ1v) is 14.6. The summed E-state index contributed by atoms with van der Waals surface area (Å²) in [4.78, 5) is 6.40. The van der Waals surface area contributed by atoms with Crippen LogP contribution in [0.5, 0.6) is 0 Å². The zero-order valence-electron chi connectivity index (χ0n) is 21.8. The summed E-state index contributed by atoms with van der Waals surface area (Å²) in [5.41, 5.74) is 10.1. The van der Waals surface area contributed by atoms with Crippen LogP contribution in [0.15, 0.2) is 126 Å².